The Morgan fingerprint density at radius 3 is 2.94 bits per heavy atom. The second-order valence-electron chi connectivity index (χ2n) is 3.81. The quantitative estimate of drug-likeness (QED) is 0.875. The summed E-state index contributed by atoms with van der Waals surface area (Å²) in [6.45, 7) is 2.05. The molecule has 0 spiro atoms. The van der Waals surface area contributed by atoms with Gasteiger partial charge >= 0.3 is 0 Å². The molecule has 0 saturated heterocycles. The predicted octanol–water partition coefficient (Wildman–Crippen LogP) is 2.09. The molecule has 17 heavy (non-hydrogen) atoms. The molecule has 0 saturated carbocycles. The SMILES string of the molecule is Cc1cc(NCC(N)=O)nc2cc(Cl)ccc12. The van der Waals surface area contributed by atoms with Crippen molar-refractivity contribution < 1.29 is 4.79 Å². The van der Waals surface area contributed by atoms with E-state index in [2.05, 4.69) is 10.3 Å². The Bertz CT molecular complexity index is 583. The number of carbonyl (C=O) groups is 1. The third-order valence-electron chi connectivity index (χ3n) is 2.42. The maximum atomic E-state index is 10.7. The predicted molar refractivity (Wildman–Crippen MR) is 69.2 cm³/mol. The normalized spacial score (nSPS) is 10.5. The largest absolute Gasteiger partial charge is 0.368 e. The zero-order valence-corrected chi connectivity index (χ0v) is 10.1. The number of nitrogens with one attached hydrogen (secondary N) is 1. The van der Waals surface area contributed by atoms with Gasteiger partial charge in [-0.1, -0.05) is 17.7 Å². The summed E-state index contributed by atoms with van der Waals surface area (Å²) < 4.78 is 0. The first-order chi connectivity index (χ1) is 8.06. The highest BCUT2D eigenvalue weighted by molar-refractivity contribution is 6.31. The molecular weight excluding hydrogens is 238 g/mol. The average molecular weight is 250 g/mol. The number of carbonyl (C=O) groups excluding carboxylic acids is 1. The molecule has 0 aliphatic rings. The van der Waals surface area contributed by atoms with Gasteiger partial charge in [0.25, 0.3) is 0 Å². The number of nitrogens with zero attached hydrogens (tertiary/aromatic N) is 1. The summed E-state index contributed by atoms with van der Waals surface area (Å²) in [7, 11) is 0. The van der Waals surface area contributed by atoms with Crippen LogP contribution in [0.3, 0.4) is 0 Å². The van der Waals surface area contributed by atoms with Gasteiger partial charge in [-0.2, -0.15) is 0 Å². The van der Waals surface area contributed by atoms with Gasteiger partial charge in [-0.15, -0.1) is 0 Å². The van der Waals surface area contributed by atoms with Crippen LogP contribution < -0.4 is 11.1 Å². The number of halogens is 1. The molecule has 1 aromatic heterocycles. The van der Waals surface area contributed by atoms with E-state index >= 15 is 0 Å². The number of fused-ring (bicyclic) bond motifs is 1. The molecule has 0 aliphatic carbocycles. The Kier molecular flexibility index (Phi) is 3.15. The standard InChI is InChI=1S/C12H12ClN3O/c1-7-4-12(15-6-11(14)17)16-10-5-8(13)2-3-9(7)10/h2-5H,6H2,1H3,(H2,14,17)(H,15,16). The van der Waals surface area contributed by atoms with Crippen LogP contribution >= 0.6 is 11.6 Å². The summed E-state index contributed by atoms with van der Waals surface area (Å²) >= 11 is 5.92. The molecule has 1 amide bonds. The van der Waals surface area contributed by atoms with Gasteiger partial charge in [0.1, 0.15) is 5.82 Å². The minimum atomic E-state index is -0.421. The number of hydrogen-bond acceptors (Lipinski definition) is 3. The lowest BCUT2D eigenvalue weighted by molar-refractivity contribution is -0.116. The highest BCUT2D eigenvalue weighted by atomic mass is 35.5. The number of aryl methyl sites for hydroxylation is 1. The first-order valence-corrected chi connectivity index (χ1v) is 5.53. The van der Waals surface area contributed by atoms with E-state index in [9.17, 15) is 4.79 Å². The van der Waals surface area contributed by atoms with Crippen molar-refractivity contribution in [2.75, 3.05) is 11.9 Å². The molecule has 88 valence electrons. The fourth-order valence-corrected chi connectivity index (χ4v) is 1.81. The Hall–Kier alpha value is -1.81. The molecule has 0 aliphatic heterocycles. The van der Waals surface area contributed by atoms with Gasteiger partial charge < -0.3 is 11.1 Å². The van der Waals surface area contributed by atoms with Crippen LogP contribution in [-0.2, 0) is 4.79 Å². The van der Waals surface area contributed by atoms with E-state index in [1.807, 2.05) is 25.1 Å². The average Bonchev–Trinajstić information content (AvgIpc) is 2.25. The maximum absolute atomic E-state index is 10.7. The minimum Gasteiger partial charge on any atom is -0.368 e. The molecule has 1 aromatic carbocycles. The number of amides is 1. The fourth-order valence-electron chi connectivity index (χ4n) is 1.64. The van der Waals surface area contributed by atoms with Crippen molar-refractivity contribution in [1.82, 2.24) is 4.98 Å². The summed E-state index contributed by atoms with van der Waals surface area (Å²) in [4.78, 5) is 15.1. The number of hydrogen-bond donors (Lipinski definition) is 2. The first kappa shape index (κ1) is 11.7. The summed E-state index contributed by atoms with van der Waals surface area (Å²) in [5, 5.41) is 4.54. The van der Waals surface area contributed by atoms with E-state index in [0.717, 1.165) is 16.5 Å². The lowest BCUT2D eigenvalue weighted by Gasteiger charge is -2.07. The van der Waals surface area contributed by atoms with Crippen LogP contribution in [-0.4, -0.2) is 17.4 Å². The number of anilines is 1. The van der Waals surface area contributed by atoms with E-state index in [1.54, 1.807) is 6.07 Å². The van der Waals surface area contributed by atoms with Crippen molar-refractivity contribution >= 4 is 34.2 Å². The lowest BCUT2D eigenvalue weighted by atomic mass is 10.1. The monoisotopic (exact) mass is 249 g/mol. The molecule has 0 unspecified atom stereocenters. The summed E-state index contributed by atoms with van der Waals surface area (Å²) in [6.07, 6.45) is 0. The molecule has 1 heterocycles. The van der Waals surface area contributed by atoms with Gasteiger partial charge in [-0.25, -0.2) is 4.98 Å². The second kappa shape index (κ2) is 4.59. The first-order valence-electron chi connectivity index (χ1n) is 5.15. The lowest BCUT2D eigenvalue weighted by Crippen LogP contribution is -2.22. The molecule has 3 N–H and O–H groups in total. The summed E-state index contributed by atoms with van der Waals surface area (Å²) in [5.41, 5.74) is 6.93. The number of primary amides is 1. The fraction of sp³-hybridized carbons (Fsp3) is 0.167. The zero-order valence-electron chi connectivity index (χ0n) is 9.33. The molecule has 2 aromatic rings. The van der Waals surface area contributed by atoms with Crippen LogP contribution in [0.25, 0.3) is 10.9 Å². The smallest absolute Gasteiger partial charge is 0.236 e. The Labute approximate surface area is 104 Å². The zero-order chi connectivity index (χ0) is 12.4. The number of nitrogens with two attached hydrogens (primary N) is 1. The van der Waals surface area contributed by atoms with Crippen LogP contribution in [0.15, 0.2) is 24.3 Å². The highest BCUT2D eigenvalue weighted by Crippen LogP contribution is 2.23. The summed E-state index contributed by atoms with van der Waals surface area (Å²) in [5.74, 6) is 0.201. The van der Waals surface area contributed by atoms with Crippen molar-refractivity contribution in [3.63, 3.8) is 0 Å². The van der Waals surface area contributed by atoms with Gasteiger partial charge in [0, 0.05) is 10.4 Å². The van der Waals surface area contributed by atoms with Crippen molar-refractivity contribution in [1.29, 1.82) is 0 Å². The number of aromatic nitrogens is 1. The molecule has 2 rings (SSSR count). The summed E-state index contributed by atoms with van der Waals surface area (Å²) in [6, 6.07) is 7.42. The molecule has 4 nitrogen and oxygen atoms in total. The molecular formula is C12H12ClN3O. The number of benzene rings is 1. The van der Waals surface area contributed by atoms with Gasteiger partial charge in [-0.05, 0) is 30.7 Å². The molecule has 0 radical (unpaired) electrons. The molecule has 0 bridgehead atoms. The van der Waals surface area contributed by atoms with Crippen LogP contribution in [0.5, 0.6) is 0 Å². The van der Waals surface area contributed by atoms with Crippen LogP contribution in [0.4, 0.5) is 5.82 Å². The van der Waals surface area contributed by atoms with E-state index in [1.165, 1.54) is 0 Å². The highest BCUT2D eigenvalue weighted by Gasteiger charge is 2.04. The number of pyridine rings is 1. The van der Waals surface area contributed by atoms with E-state index in [-0.39, 0.29) is 6.54 Å². The van der Waals surface area contributed by atoms with E-state index < -0.39 is 5.91 Å². The Morgan fingerprint density at radius 1 is 1.47 bits per heavy atom. The minimum absolute atomic E-state index is 0.0680. The Morgan fingerprint density at radius 2 is 2.24 bits per heavy atom. The molecule has 0 fully saturated rings. The number of rotatable bonds is 3. The van der Waals surface area contributed by atoms with Crippen LogP contribution in [0.2, 0.25) is 5.02 Å². The van der Waals surface area contributed by atoms with Crippen LogP contribution in [0.1, 0.15) is 5.56 Å². The van der Waals surface area contributed by atoms with Crippen molar-refractivity contribution in [3.8, 4) is 0 Å². The van der Waals surface area contributed by atoms with Crippen molar-refractivity contribution in [2.24, 2.45) is 5.73 Å². The third-order valence-corrected chi connectivity index (χ3v) is 2.66. The van der Waals surface area contributed by atoms with Crippen molar-refractivity contribution in [2.45, 2.75) is 6.92 Å². The molecule has 5 heteroatoms. The molecule has 0 atom stereocenters. The third kappa shape index (κ3) is 2.65. The van der Waals surface area contributed by atoms with Crippen molar-refractivity contribution in [3.05, 3.63) is 34.9 Å². The van der Waals surface area contributed by atoms with Gasteiger partial charge in [-0.3, -0.25) is 4.79 Å². The van der Waals surface area contributed by atoms with Crippen LogP contribution in [0, 0.1) is 6.92 Å². The van der Waals surface area contributed by atoms with E-state index in [4.69, 9.17) is 17.3 Å². The van der Waals surface area contributed by atoms with E-state index in [0.29, 0.717) is 10.8 Å². The topological polar surface area (TPSA) is 68.0 Å². The van der Waals surface area contributed by atoms with Gasteiger partial charge in [0.05, 0.1) is 12.1 Å². The van der Waals surface area contributed by atoms with Gasteiger partial charge in [0.15, 0.2) is 0 Å². The van der Waals surface area contributed by atoms with Gasteiger partial charge in [0.2, 0.25) is 5.91 Å². The second-order valence-corrected chi connectivity index (χ2v) is 4.24. The maximum Gasteiger partial charge on any atom is 0.236 e. The Balaban J connectivity index is 2.42.